The smallest absolute Gasteiger partial charge is 0.310 e. The Morgan fingerprint density at radius 2 is 1.64 bits per heavy atom. The Morgan fingerprint density at radius 1 is 0.920 bits per heavy atom. The van der Waals surface area contributed by atoms with Crippen LogP contribution in [-0.4, -0.2) is 63.9 Å². The van der Waals surface area contributed by atoms with Gasteiger partial charge in [-0.1, -0.05) is 32.6 Å². The molecule has 0 radical (unpaired) electrons. The van der Waals surface area contributed by atoms with E-state index in [0.717, 1.165) is 64.2 Å². The maximum Gasteiger partial charge on any atom is 0.327 e. The Balaban J connectivity index is 1.43. The van der Waals surface area contributed by atoms with Gasteiger partial charge in [0.05, 0.1) is 0 Å². The zero-order valence-corrected chi connectivity index (χ0v) is 15.7. The van der Waals surface area contributed by atoms with E-state index in [-0.39, 0.29) is 18.0 Å². The Hall–Kier alpha value is -1.10. The molecule has 1 saturated carbocycles. The topological polar surface area (TPSA) is 43.9 Å². The van der Waals surface area contributed by atoms with Gasteiger partial charge in [-0.3, -0.25) is 9.69 Å². The molecule has 140 valence electrons. The van der Waals surface area contributed by atoms with Gasteiger partial charge >= 0.3 is 6.03 Å². The monoisotopic (exact) mass is 347 g/mol. The molecule has 4 aliphatic rings. The highest BCUT2D eigenvalue weighted by atomic mass is 16.2. The number of carbonyl (C=O) groups excluding carboxylic acids is 2. The van der Waals surface area contributed by atoms with Crippen molar-refractivity contribution < 1.29 is 9.59 Å². The molecule has 1 aliphatic carbocycles. The minimum absolute atomic E-state index is 0.00654. The number of hydrogen-bond acceptors (Lipinski definition) is 3. The Kier molecular flexibility index (Phi) is 4.78. The van der Waals surface area contributed by atoms with Crippen LogP contribution in [-0.2, 0) is 4.79 Å². The highest BCUT2D eigenvalue weighted by Gasteiger charge is 2.60. The number of likely N-dealkylation sites (tertiary alicyclic amines) is 1. The molecule has 4 rings (SSSR count). The lowest BCUT2D eigenvalue weighted by molar-refractivity contribution is -0.135. The van der Waals surface area contributed by atoms with Gasteiger partial charge in [0, 0.05) is 31.7 Å². The van der Waals surface area contributed by atoms with Gasteiger partial charge in [-0.15, -0.1) is 0 Å². The normalized spacial score (nSPS) is 32.7. The van der Waals surface area contributed by atoms with Gasteiger partial charge in [0.2, 0.25) is 0 Å². The average molecular weight is 348 g/mol. The standard InChI is InChI=1S/C20H33N3O2/c1-2-11-20-12-6-13-22(20)19(25)23(18(20)24)17-9-14-21(15-10-17)16-7-4-3-5-8-16/h16-17H,2-15H2,1H3/t20-/m0/s1. The Labute approximate surface area is 151 Å². The van der Waals surface area contributed by atoms with Crippen molar-refractivity contribution in [3.63, 3.8) is 0 Å². The van der Waals surface area contributed by atoms with Gasteiger partial charge in [0.25, 0.3) is 5.91 Å². The van der Waals surface area contributed by atoms with Crippen LogP contribution in [0.25, 0.3) is 0 Å². The van der Waals surface area contributed by atoms with Gasteiger partial charge < -0.3 is 9.80 Å². The summed E-state index contributed by atoms with van der Waals surface area (Å²) in [5, 5.41) is 0. The molecule has 5 nitrogen and oxygen atoms in total. The first-order valence-corrected chi connectivity index (χ1v) is 10.6. The number of piperidine rings is 1. The summed E-state index contributed by atoms with van der Waals surface area (Å²) in [5.41, 5.74) is -0.494. The van der Waals surface area contributed by atoms with E-state index in [1.54, 1.807) is 4.90 Å². The number of urea groups is 1. The first-order valence-electron chi connectivity index (χ1n) is 10.6. The predicted molar refractivity (Wildman–Crippen MR) is 97.3 cm³/mol. The van der Waals surface area contributed by atoms with E-state index in [9.17, 15) is 9.59 Å². The SMILES string of the molecule is CCC[C@@]12CCCN1C(=O)N(C1CCN(C3CCCCC3)CC1)C2=O. The second kappa shape index (κ2) is 6.90. The summed E-state index contributed by atoms with van der Waals surface area (Å²) in [6, 6.07) is 0.875. The number of rotatable bonds is 4. The van der Waals surface area contributed by atoms with Gasteiger partial charge in [0.15, 0.2) is 0 Å². The molecule has 3 heterocycles. The third-order valence-electron chi connectivity index (χ3n) is 7.16. The van der Waals surface area contributed by atoms with Gasteiger partial charge in [-0.25, -0.2) is 4.79 Å². The molecular weight excluding hydrogens is 314 g/mol. The minimum atomic E-state index is -0.494. The fraction of sp³-hybridized carbons (Fsp3) is 0.900. The van der Waals surface area contributed by atoms with E-state index in [0.29, 0.717) is 0 Å². The lowest BCUT2D eigenvalue weighted by Crippen LogP contribution is -2.51. The van der Waals surface area contributed by atoms with Crippen LogP contribution in [0.3, 0.4) is 0 Å². The highest BCUT2D eigenvalue weighted by Crippen LogP contribution is 2.42. The van der Waals surface area contributed by atoms with Crippen molar-refractivity contribution in [3.05, 3.63) is 0 Å². The fourth-order valence-corrected chi connectivity index (χ4v) is 5.88. The highest BCUT2D eigenvalue weighted by molar-refractivity contribution is 6.07. The van der Waals surface area contributed by atoms with E-state index < -0.39 is 5.54 Å². The van der Waals surface area contributed by atoms with E-state index in [2.05, 4.69) is 11.8 Å². The molecule has 0 unspecified atom stereocenters. The summed E-state index contributed by atoms with van der Waals surface area (Å²) < 4.78 is 0. The molecule has 0 aromatic heterocycles. The van der Waals surface area contributed by atoms with Crippen LogP contribution in [0.15, 0.2) is 0 Å². The van der Waals surface area contributed by atoms with Gasteiger partial charge in [-0.05, 0) is 44.9 Å². The third kappa shape index (κ3) is 2.79. The van der Waals surface area contributed by atoms with E-state index in [1.165, 1.54) is 32.1 Å². The van der Waals surface area contributed by atoms with Crippen molar-refractivity contribution in [2.45, 2.75) is 95.2 Å². The first-order chi connectivity index (χ1) is 12.2. The van der Waals surface area contributed by atoms with Crippen LogP contribution in [0.4, 0.5) is 4.79 Å². The second-order valence-electron chi connectivity index (χ2n) is 8.55. The second-order valence-corrected chi connectivity index (χ2v) is 8.55. The molecule has 1 atom stereocenters. The lowest BCUT2D eigenvalue weighted by atomic mass is 9.89. The van der Waals surface area contributed by atoms with Crippen molar-refractivity contribution in [2.75, 3.05) is 19.6 Å². The van der Waals surface area contributed by atoms with Crippen LogP contribution in [0.1, 0.15) is 77.6 Å². The fourth-order valence-electron chi connectivity index (χ4n) is 5.88. The van der Waals surface area contributed by atoms with E-state index >= 15 is 0 Å². The van der Waals surface area contributed by atoms with Gasteiger partial charge in [-0.2, -0.15) is 0 Å². The van der Waals surface area contributed by atoms with Crippen molar-refractivity contribution in [1.82, 2.24) is 14.7 Å². The molecule has 3 aliphatic heterocycles. The van der Waals surface area contributed by atoms with Crippen LogP contribution in [0.2, 0.25) is 0 Å². The number of amides is 3. The van der Waals surface area contributed by atoms with Crippen LogP contribution >= 0.6 is 0 Å². The van der Waals surface area contributed by atoms with Crippen molar-refractivity contribution in [1.29, 1.82) is 0 Å². The molecule has 0 N–H and O–H groups in total. The molecule has 3 amide bonds. The molecule has 0 aromatic carbocycles. The largest absolute Gasteiger partial charge is 0.327 e. The van der Waals surface area contributed by atoms with Crippen molar-refractivity contribution in [3.8, 4) is 0 Å². The first kappa shape index (κ1) is 17.3. The molecule has 5 heteroatoms. The predicted octanol–water partition coefficient (Wildman–Crippen LogP) is 3.38. The molecule has 0 bridgehead atoms. The lowest BCUT2D eigenvalue weighted by Gasteiger charge is -2.41. The number of imide groups is 1. The molecule has 25 heavy (non-hydrogen) atoms. The zero-order valence-electron chi connectivity index (χ0n) is 15.7. The summed E-state index contributed by atoms with van der Waals surface area (Å²) in [4.78, 5) is 32.4. The third-order valence-corrected chi connectivity index (χ3v) is 7.16. The summed E-state index contributed by atoms with van der Waals surface area (Å²) >= 11 is 0. The number of fused-ring (bicyclic) bond motifs is 1. The van der Waals surface area contributed by atoms with Gasteiger partial charge in [0.1, 0.15) is 5.54 Å². The summed E-state index contributed by atoms with van der Waals surface area (Å²) in [5.74, 6) is 0.118. The van der Waals surface area contributed by atoms with E-state index in [1.807, 2.05) is 4.90 Å². The quantitative estimate of drug-likeness (QED) is 0.732. The maximum absolute atomic E-state index is 13.2. The van der Waals surface area contributed by atoms with Crippen LogP contribution < -0.4 is 0 Å². The molecule has 0 spiro atoms. The van der Waals surface area contributed by atoms with Crippen molar-refractivity contribution >= 4 is 11.9 Å². The number of nitrogens with zero attached hydrogens (tertiary/aromatic N) is 3. The Morgan fingerprint density at radius 3 is 2.32 bits per heavy atom. The molecule has 4 fully saturated rings. The molecule has 3 saturated heterocycles. The summed E-state index contributed by atoms with van der Waals surface area (Å²) in [7, 11) is 0. The number of carbonyl (C=O) groups is 2. The number of hydrogen-bond donors (Lipinski definition) is 0. The Bertz CT molecular complexity index is 523. The summed E-state index contributed by atoms with van der Waals surface area (Å²) in [6.45, 7) is 4.98. The average Bonchev–Trinajstić information content (AvgIpc) is 3.15. The minimum Gasteiger partial charge on any atom is -0.310 e. The zero-order chi connectivity index (χ0) is 17.4. The summed E-state index contributed by atoms with van der Waals surface area (Å²) in [6.07, 6.45) is 12.3. The van der Waals surface area contributed by atoms with Crippen LogP contribution in [0, 0.1) is 0 Å². The molecular formula is C20H33N3O2. The maximum atomic E-state index is 13.2. The van der Waals surface area contributed by atoms with Crippen molar-refractivity contribution in [2.24, 2.45) is 0 Å². The van der Waals surface area contributed by atoms with Crippen LogP contribution in [0.5, 0.6) is 0 Å². The molecule has 0 aromatic rings. The van der Waals surface area contributed by atoms with E-state index in [4.69, 9.17) is 0 Å².